The third kappa shape index (κ3) is 4.09. The highest BCUT2D eigenvalue weighted by atomic mass is 79.9. The third-order valence-electron chi connectivity index (χ3n) is 1.86. The summed E-state index contributed by atoms with van der Waals surface area (Å²) in [6, 6.07) is 4.58. The lowest BCUT2D eigenvalue weighted by Crippen LogP contribution is -2.09. The number of nitrogens with zero attached hydrogens (tertiary/aromatic N) is 1. The standard InChI is InChI=1S/C10H11Br2NO3/c1-7(5-11)6-16-10-3-8(12)2-9(4-10)13(14)15/h2-4,7H,5-6H2,1H3. The first-order valence-corrected chi connectivity index (χ1v) is 6.58. The van der Waals surface area contributed by atoms with E-state index in [4.69, 9.17) is 4.74 Å². The number of alkyl halides is 1. The van der Waals surface area contributed by atoms with Crippen molar-refractivity contribution in [3.8, 4) is 5.75 Å². The molecule has 0 spiro atoms. The van der Waals surface area contributed by atoms with Gasteiger partial charge in [0.2, 0.25) is 0 Å². The van der Waals surface area contributed by atoms with E-state index in [0.717, 1.165) is 5.33 Å². The Morgan fingerprint density at radius 3 is 2.75 bits per heavy atom. The second kappa shape index (κ2) is 6.20. The van der Waals surface area contributed by atoms with Gasteiger partial charge in [-0.3, -0.25) is 10.1 Å². The summed E-state index contributed by atoms with van der Waals surface area (Å²) in [6.45, 7) is 2.56. The van der Waals surface area contributed by atoms with E-state index in [1.165, 1.54) is 12.1 Å². The molecule has 1 aromatic carbocycles. The maximum atomic E-state index is 10.6. The fourth-order valence-electron chi connectivity index (χ4n) is 1.02. The molecule has 0 N–H and O–H groups in total. The number of benzene rings is 1. The van der Waals surface area contributed by atoms with Crippen LogP contribution < -0.4 is 4.74 Å². The predicted octanol–water partition coefficient (Wildman–Crippen LogP) is 3.77. The minimum Gasteiger partial charge on any atom is -0.493 e. The second-order valence-corrected chi connectivity index (χ2v) is 5.04. The summed E-state index contributed by atoms with van der Waals surface area (Å²) < 4.78 is 6.11. The lowest BCUT2D eigenvalue weighted by molar-refractivity contribution is -0.385. The van der Waals surface area contributed by atoms with Crippen molar-refractivity contribution < 1.29 is 9.66 Å². The first-order valence-electron chi connectivity index (χ1n) is 4.66. The van der Waals surface area contributed by atoms with Crippen LogP contribution in [0.1, 0.15) is 6.92 Å². The van der Waals surface area contributed by atoms with Gasteiger partial charge >= 0.3 is 0 Å². The monoisotopic (exact) mass is 351 g/mol. The highest BCUT2D eigenvalue weighted by molar-refractivity contribution is 9.10. The molecule has 4 nitrogen and oxygen atoms in total. The van der Waals surface area contributed by atoms with Gasteiger partial charge in [0.05, 0.1) is 17.6 Å². The molecule has 1 aromatic rings. The molecule has 1 rings (SSSR count). The molecule has 16 heavy (non-hydrogen) atoms. The molecule has 6 heteroatoms. The normalized spacial score (nSPS) is 12.2. The van der Waals surface area contributed by atoms with Gasteiger partial charge in [0.1, 0.15) is 5.75 Å². The first kappa shape index (κ1) is 13.4. The smallest absolute Gasteiger partial charge is 0.274 e. The van der Waals surface area contributed by atoms with E-state index in [1.54, 1.807) is 6.07 Å². The average molecular weight is 353 g/mol. The lowest BCUT2D eigenvalue weighted by Gasteiger charge is -2.10. The molecule has 0 radical (unpaired) electrons. The lowest BCUT2D eigenvalue weighted by atomic mass is 10.2. The van der Waals surface area contributed by atoms with Crippen LogP contribution in [0, 0.1) is 16.0 Å². The van der Waals surface area contributed by atoms with E-state index in [0.29, 0.717) is 22.7 Å². The van der Waals surface area contributed by atoms with E-state index in [9.17, 15) is 10.1 Å². The van der Waals surface area contributed by atoms with Gasteiger partial charge in [-0.15, -0.1) is 0 Å². The molecule has 0 saturated heterocycles. The maximum absolute atomic E-state index is 10.6. The van der Waals surface area contributed by atoms with Gasteiger partial charge in [0, 0.05) is 15.9 Å². The minimum absolute atomic E-state index is 0.0240. The van der Waals surface area contributed by atoms with Crippen LogP contribution in [0.4, 0.5) is 5.69 Å². The van der Waals surface area contributed by atoms with Crippen LogP contribution >= 0.6 is 31.9 Å². The van der Waals surface area contributed by atoms with Gasteiger partial charge in [-0.05, 0) is 12.0 Å². The molecule has 1 atom stereocenters. The molecule has 0 heterocycles. The molecule has 0 aliphatic heterocycles. The largest absolute Gasteiger partial charge is 0.493 e. The van der Waals surface area contributed by atoms with Crippen molar-refractivity contribution in [2.24, 2.45) is 5.92 Å². The van der Waals surface area contributed by atoms with Gasteiger partial charge in [0.15, 0.2) is 0 Å². The molecule has 0 aromatic heterocycles. The first-order chi connectivity index (χ1) is 7.52. The summed E-state index contributed by atoms with van der Waals surface area (Å²) in [5, 5.41) is 11.5. The molecular formula is C10H11Br2NO3. The Balaban J connectivity index is 2.76. The zero-order chi connectivity index (χ0) is 12.1. The van der Waals surface area contributed by atoms with Crippen LogP contribution in [-0.2, 0) is 0 Å². The van der Waals surface area contributed by atoms with Crippen molar-refractivity contribution in [1.82, 2.24) is 0 Å². The SMILES string of the molecule is CC(CBr)COc1cc(Br)cc([N+](=O)[O-])c1. The van der Waals surface area contributed by atoms with Gasteiger partial charge in [-0.25, -0.2) is 0 Å². The fraction of sp³-hybridized carbons (Fsp3) is 0.400. The third-order valence-corrected chi connectivity index (χ3v) is 3.43. The maximum Gasteiger partial charge on any atom is 0.274 e. The molecule has 0 saturated carbocycles. The highest BCUT2D eigenvalue weighted by Gasteiger charge is 2.10. The Hall–Kier alpha value is -0.620. The minimum atomic E-state index is -0.439. The van der Waals surface area contributed by atoms with E-state index in [-0.39, 0.29) is 5.69 Å². The van der Waals surface area contributed by atoms with Crippen molar-refractivity contribution >= 4 is 37.5 Å². The topological polar surface area (TPSA) is 52.4 Å². The number of nitro benzene ring substituents is 1. The summed E-state index contributed by atoms with van der Waals surface area (Å²) in [7, 11) is 0. The quantitative estimate of drug-likeness (QED) is 0.460. The number of hydrogen-bond acceptors (Lipinski definition) is 3. The van der Waals surface area contributed by atoms with Crippen LogP contribution in [0.5, 0.6) is 5.75 Å². The predicted molar refractivity (Wildman–Crippen MR) is 69.2 cm³/mol. The summed E-state index contributed by atoms with van der Waals surface area (Å²) in [4.78, 5) is 10.2. The van der Waals surface area contributed by atoms with Gasteiger partial charge in [0.25, 0.3) is 5.69 Å². The van der Waals surface area contributed by atoms with Crippen molar-refractivity contribution in [3.05, 3.63) is 32.8 Å². The molecule has 0 bridgehead atoms. The van der Waals surface area contributed by atoms with Gasteiger partial charge in [-0.2, -0.15) is 0 Å². The zero-order valence-electron chi connectivity index (χ0n) is 8.65. The van der Waals surface area contributed by atoms with Crippen molar-refractivity contribution in [2.75, 3.05) is 11.9 Å². The van der Waals surface area contributed by atoms with Crippen LogP contribution in [-0.4, -0.2) is 16.9 Å². The number of ether oxygens (including phenoxy) is 1. The van der Waals surface area contributed by atoms with Crippen LogP contribution in [0.2, 0.25) is 0 Å². The molecule has 0 aliphatic carbocycles. The number of nitro groups is 1. The van der Waals surface area contributed by atoms with Crippen LogP contribution in [0.25, 0.3) is 0 Å². The number of non-ortho nitro benzene ring substituents is 1. The number of rotatable bonds is 5. The van der Waals surface area contributed by atoms with Gasteiger partial charge < -0.3 is 4.74 Å². The van der Waals surface area contributed by atoms with Crippen LogP contribution in [0.3, 0.4) is 0 Å². The average Bonchev–Trinajstić information content (AvgIpc) is 2.25. The van der Waals surface area contributed by atoms with Crippen LogP contribution in [0.15, 0.2) is 22.7 Å². The van der Waals surface area contributed by atoms with Gasteiger partial charge in [-0.1, -0.05) is 38.8 Å². The van der Waals surface area contributed by atoms with E-state index >= 15 is 0 Å². The van der Waals surface area contributed by atoms with Crippen molar-refractivity contribution in [2.45, 2.75) is 6.92 Å². The Labute approximate surface area is 110 Å². The molecule has 0 aliphatic rings. The molecular weight excluding hydrogens is 342 g/mol. The van der Waals surface area contributed by atoms with E-state index in [2.05, 4.69) is 31.9 Å². The molecule has 88 valence electrons. The van der Waals surface area contributed by atoms with E-state index in [1.807, 2.05) is 6.92 Å². The number of halogens is 2. The van der Waals surface area contributed by atoms with E-state index < -0.39 is 4.92 Å². The Morgan fingerprint density at radius 2 is 2.19 bits per heavy atom. The van der Waals surface area contributed by atoms with Crippen molar-refractivity contribution in [3.63, 3.8) is 0 Å². The molecule has 1 unspecified atom stereocenters. The summed E-state index contributed by atoms with van der Waals surface area (Å²) >= 11 is 6.55. The summed E-state index contributed by atoms with van der Waals surface area (Å²) in [5.41, 5.74) is 0.0240. The molecule has 0 fully saturated rings. The Kier molecular flexibility index (Phi) is 5.21. The number of hydrogen-bond donors (Lipinski definition) is 0. The Morgan fingerprint density at radius 1 is 1.50 bits per heavy atom. The summed E-state index contributed by atoms with van der Waals surface area (Å²) in [6.07, 6.45) is 0. The Bertz CT molecular complexity index is 384. The second-order valence-electron chi connectivity index (χ2n) is 3.47. The summed E-state index contributed by atoms with van der Waals surface area (Å²) in [5.74, 6) is 0.868. The zero-order valence-corrected chi connectivity index (χ0v) is 11.8. The highest BCUT2D eigenvalue weighted by Crippen LogP contribution is 2.26. The molecule has 0 amide bonds. The van der Waals surface area contributed by atoms with Crippen molar-refractivity contribution in [1.29, 1.82) is 0 Å². The fourth-order valence-corrected chi connectivity index (χ4v) is 1.67.